The highest BCUT2D eigenvalue weighted by Gasteiger charge is 2.02. The van der Waals surface area contributed by atoms with Gasteiger partial charge in [-0.05, 0) is 30.5 Å². The third-order valence-electron chi connectivity index (χ3n) is 2.80. The monoisotopic (exact) mass is 459 g/mol. The fraction of sp³-hybridized carbons (Fsp3) is 0.500. The molecule has 0 spiro atoms. The van der Waals surface area contributed by atoms with Gasteiger partial charge in [-0.25, -0.2) is 8.42 Å². The Hall–Kier alpha value is -0.540. The lowest BCUT2D eigenvalue weighted by Crippen LogP contribution is -2.39. The molecular formula is C14H23ClIN3O2S. The molecule has 1 rings (SSSR count). The normalized spacial score (nSPS) is 11.7. The van der Waals surface area contributed by atoms with Crippen LogP contribution in [0.5, 0.6) is 0 Å². The van der Waals surface area contributed by atoms with E-state index in [9.17, 15) is 8.42 Å². The summed E-state index contributed by atoms with van der Waals surface area (Å²) >= 11 is 5.93. The summed E-state index contributed by atoms with van der Waals surface area (Å²) in [5.74, 6) is 0.852. The average molecular weight is 460 g/mol. The Kier molecular flexibility index (Phi) is 10.8. The van der Waals surface area contributed by atoms with Gasteiger partial charge in [-0.15, -0.1) is 24.0 Å². The Labute approximate surface area is 154 Å². The zero-order valence-electron chi connectivity index (χ0n) is 12.8. The molecule has 1 aromatic rings. The van der Waals surface area contributed by atoms with Crippen LogP contribution in [-0.2, 0) is 16.3 Å². The zero-order chi connectivity index (χ0) is 15.7. The molecule has 0 bridgehead atoms. The maximum Gasteiger partial charge on any atom is 0.190 e. The van der Waals surface area contributed by atoms with Crippen molar-refractivity contribution in [2.75, 3.05) is 32.1 Å². The fourth-order valence-electron chi connectivity index (χ4n) is 1.78. The van der Waals surface area contributed by atoms with E-state index in [4.69, 9.17) is 11.6 Å². The van der Waals surface area contributed by atoms with Crippen molar-refractivity contribution in [2.24, 2.45) is 4.99 Å². The summed E-state index contributed by atoms with van der Waals surface area (Å²) in [6, 6.07) is 7.73. The Morgan fingerprint density at radius 1 is 1.27 bits per heavy atom. The van der Waals surface area contributed by atoms with E-state index in [1.807, 2.05) is 24.3 Å². The van der Waals surface area contributed by atoms with Crippen LogP contribution >= 0.6 is 35.6 Å². The number of hydrogen-bond donors (Lipinski definition) is 2. The Balaban J connectivity index is 0.00000441. The van der Waals surface area contributed by atoms with Gasteiger partial charge in [0.1, 0.15) is 9.84 Å². The number of aliphatic imine (C=N–C) groups is 1. The number of halogens is 2. The lowest BCUT2D eigenvalue weighted by Gasteiger charge is -2.11. The predicted octanol–water partition coefficient (Wildman–Crippen LogP) is 2.10. The number of benzene rings is 1. The molecule has 2 N–H and O–H groups in total. The van der Waals surface area contributed by atoms with E-state index in [0.717, 1.165) is 23.6 Å². The van der Waals surface area contributed by atoms with E-state index >= 15 is 0 Å². The maximum atomic E-state index is 11.0. The second-order valence-electron chi connectivity index (χ2n) is 4.79. The second kappa shape index (κ2) is 11.1. The zero-order valence-corrected chi connectivity index (χ0v) is 16.7. The molecule has 0 aliphatic carbocycles. The summed E-state index contributed by atoms with van der Waals surface area (Å²) in [7, 11) is -1.21. The molecule has 126 valence electrons. The molecule has 0 heterocycles. The molecule has 0 amide bonds. The van der Waals surface area contributed by atoms with Gasteiger partial charge in [0.15, 0.2) is 5.96 Å². The lowest BCUT2D eigenvalue weighted by molar-refractivity contribution is 0.598. The van der Waals surface area contributed by atoms with Crippen LogP contribution in [-0.4, -0.2) is 46.5 Å². The molecule has 22 heavy (non-hydrogen) atoms. The summed E-state index contributed by atoms with van der Waals surface area (Å²) in [6.07, 6.45) is 2.64. The Morgan fingerprint density at radius 3 is 2.55 bits per heavy atom. The molecule has 0 radical (unpaired) electrons. The van der Waals surface area contributed by atoms with Crippen molar-refractivity contribution in [3.05, 3.63) is 34.9 Å². The van der Waals surface area contributed by atoms with Crippen molar-refractivity contribution >= 4 is 51.4 Å². The first kappa shape index (κ1) is 21.5. The molecule has 0 saturated carbocycles. The molecule has 1 aromatic carbocycles. The first-order valence-corrected chi connectivity index (χ1v) is 9.21. The number of sulfone groups is 1. The molecule has 0 aliphatic heterocycles. The van der Waals surface area contributed by atoms with Crippen LogP contribution in [0.2, 0.25) is 5.02 Å². The van der Waals surface area contributed by atoms with E-state index in [1.54, 1.807) is 7.05 Å². The van der Waals surface area contributed by atoms with Gasteiger partial charge >= 0.3 is 0 Å². The fourth-order valence-corrected chi connectivity index (χ4v) is 2.66. The third kappa shape index (κ3) is 10.2. The molecular weight excluding hydrogens is 437 g/mol. The first-order chi connectivity index (χ1) is 9.90. The van der Waals surface area contributed by atoms with Gasteiger partial charge in [-0.2, -0.15) is 0 Å². The van der Waals surface area contributed by atoms with Crippen LogP contribution in [0.15, 0.2) is 29.3 Å². The van der Waals surface area contributed by atoms with Gasteiger partial charge < -0.3 is 10.6 Å². The summed E-state index contributed by atoms with van der Waals surface area (Å²) in [5.41, 5.74) is 1.16. The molecule has 8 heteroatoms. The van der Waals surface area contributed by atoms with Crippen molar-refractivity contribution < 1.29 is 8.42 Å². The summed E-state index contributed by atoms with van der Waals surface area (Å²) in [4.78, 5) is 4.09. The molecule has 0 aromatic heterocycles. The Bertz CT molecular complexity index is 579. The largest absolute Gasteiger partial charge is 0.356 e. The summed E-state index contributed by atoms with van der Waals surface area (Å²) in [6.45, 7) is 1.30. The van der Waals surface area contributed by atoms with Crippen molar-refractivity contribution in [3.8, 4) is 0 Å². The van der Waals surface area contributed by atoms with E-state index in [-0.39, 0.29) is 29.7 Å². The molecule has 0 atom stereocenters. The SMILES string of the molecule is CN=C(NCCCS(C)(=O)=O)NCCc1cccc(Cl)c1.I. The number of guanidine groups is 1. The minimum Gasteiger partial charge on any atom is -0.356 e. The van der Waals surface area contributed by atoms with Crippen LogP contribution in [0.1, 0.15) is 12.0 Å². The molecule has 5 nitrogen and oxygen atoms in total. The maximum absolute atomic E-state index is 11.0. The van der Waals surface area contributed by atoms with Crippen LogP contribution in [0.3, 0.4) is 0 Å². The van der Waals surface area contributed by atoms with E-state index in [1.165, 1.54) is 6.26 Å². The third-order valence-corrected chi connectivity index (χ3v) is 4.07. The van der Waals surface area contributed by atoms with Crippen LogP contribution in [0, 0.1) is 0 Å². The predicted molar refractivity (Wildman–Crippen MR) is 104 cm³/mol. The number of hydrogen-bond acceptors (Lipinski definition) is 3. The highest BCUT2D eigenvalue weighted by Crippen LogP contribution is 2.10. The minimum absolute atomic E-state index is 0. The quantitative estimate of drug-likeness (QED) is 0.284. The van der Waals surface area contributed by atoms with Crippen molar-refractivity contribution in [2.45, 2.75) is 12.8 Å². The van der Waals surface area contributed by atoms with Crippen molar-refractivity contribution in [1.82, 2.24) is 10.6 Å². The number of rotatable bonds is 7. The van der Waals surface area contributed by atoms with Crippen LogP contribution in [0.4, 0.5) is 0 Å². The van der Waals surface area contributed by atoms with E-state index in [0.29, 0.717) is 18.9 Å². The highest BCUT2D eigenvalue weighted by atomic mass is 127. The van der Waals surface area contributed by atoms with Gasteiger partial charge in [0.25, 0.3) is 0 Å². The van der Waals surface area contributed by atoms with Gasteiger partial charge in [0.2, 0.25) is 0 Å². The molecule has 0 aliphatic rings. The standard InChI is InChI=1S/C14H22ClN3O2S.HI/c1-16-14(17-8-4-10-21(2,19)20)18-9-7-12-5-3-6-13(15)11-12;/h3,5-6,11H,4,7-10H2,1-2H3,(H2,16,17,18);1H. The lowest BCUT2D eigenvalue weighted by atomic mass is 10.1. The van der Waals surface area contributed by atoms with E-state index in [2.05, 4.69) is 15.6 Å². The average Bonchev–Trinajstić information content (AvgIpc) is 2.40. The molecule has 0 fully saturated rings. The Morgan fingerprint density at radius 2 is 1.95 bits per heavy atom. The van der Waals surface area contributed by atoms with Gasteiger partial charge in [0, 0.05) is 31.4 Å². The van der Waals surface area contributed by atoms with E-state index < -0.39 is 9.84 Å². The summed E-state index contributed by atoms with van der Waals surface area (Å²) < 4.78 is 22.0. The number of nitrogens with one attached hydrogen (secondary N) is 2. The first-order valence-electron chi connectivity index (χ1n) is 6.77. The smallest absolute Gasteiger partial charge is 0.190 e. The van der Waals surface area contributed by atoms with Crippen LogP contribution < -0.4 is 10.6 Å². The van der Waals surface area contributed by atoms with Gasteiger partial charge in [0.05, 0.1) is 5.75 Å². The topological polar surface area (TPSA) is 70.6 Å². The number of nitrogens with zero attached hydrogens (tertiary/aromatic N) is 1. The van der Waals surface area contributed by atoms with Gasteiger partial charge in [-0.1, -0.05) is 23.7 Å². The van der Waals surface area contributed by atoms with Crippen molar-refractivity contribution in [3.63, 3.8) is 0 Å². The molecule has 0 unspecified atom stereocenters. The minimum atomic E-state index is -2.90. The van der Waals surface area contributed by atoms with Crippen LogP contribution in [0.25, 0.3) is 0 Å². The second-order valence-corrected chi connectivity index (χ2v) is 7.49. The van der Waals surface area contributed by atoms with Crippen molar-refractivity contribution in [1.29, 1.82) is 0 Å². The van der Waals surface area contributed by atoms with Gasteiger partial charge in [-0.3, -0.25) is 4.99 Å². The molecule has 0 saturated heterocycles. The highest BCUT2D eigenvalue weighted by molar-refractivity contribution is 14.0. The summed E-state index contributed by atoms with van der Waals surface area (Å²) in [5, 5.41) is 7.00.